The van der Waals surface area contributed by atoms with Crippen molar-refractivity contribution in [3.63, 3.8) is 0 Å². The first kappa shape index (κ1) is 12.4. The quantitative estimate of drug-likeness (QED) is 0.810. The molecule has 2 rings (SSSR count). The summed E-state index contributed by atoms with van der Waals surface area (Å²) < 4.78 is 5.45. The third-order valence-electron chi connectivity index (χ3n) is 2.91. The summed E-state index contributed by atoms with van der Waals surface area (Å²) in [5.41, 5.74) is 0.945. The van der Waals surface area contributed by atoms with E-state index in [-0.39, 0.29) is 12.1 Å². The molecule has 17 heavy (non-hydrogen) atoms. The van der Waals surface area contributed by atoms with E-state index in [9.17, 15) is 4.79 Å². The van der Waals surface area contributed by atoms with Crippen molar-refractivity contribution in [3.05, 3.63) is 34.9 Å². The first-order chi connectivity index (χ1) is 8.16. The molecule has 0 spiro atoms. The molecule has 3 nitrogen and oxygen atoms in total. The van der Waals surface area contributed by atoms with Crippen LogP contribution in [0.5, 0.6) is 0 Å². The summed E-state index contributed by atoms with van der Waals surface area (Å²) in [6.07, 6.45) is 1.18. The van der Waals surface area contributed by atoms with Crippen molar-refractivity contribution < 1.29 is 9.53 Å². The van der Waals surface area contributed by atoms with Gasteiger partial charge in [0.2, 0.25) is 5.91 Å². The molecule has 0 bridgehead atoms. The third-order valence-corrected chi connectivity index (χ3v) is 3.14. The van der Waals surface area contributed by atoms with Crippen molar-refractivity contribution in [3.8, 4) is 0 Å². The number of halogens is 1. The number of carbonyl (C=O) groups excluding carboxylic acids is 1. The zero-order valence-electron chi connectivity index (χ0n) is 9.86. The van der Waals surface area contributed by atoms with E-state index in [0.29, 0.717) is 11.4 Å². The number of rotatable bonds is 2. The van der Waals surface area contributed by atoms with E-state index in [0.717, 1.165) is 25.1 Å². The minimum Gasteiger partial charge on any atom is -0.359 e. The Hall–Kier alpha value is -1.06. The SMILES string of the molecule is CC1OCCCN1C(=O)Cc1cccc(Cl)c1. The molecular weight excluding hydrogens is 238 g/mol. The van der Waals surface area contributed by atoms with Crippen LogP contribution >= 0.6 is 11.6 Å². The number of nitrogens with zero attached hydrogens (tertiary/aromatic N) is 1. The van der Waals surface area contributed by atoms with Crippen LogP contribution < -0.4 is 0 Å². The molecule has 1 aromatic rings. The van der Waals surface area contributed by atoms with E-state index < -0.39 is 0 Å². The second-order valence-electron chi connectivity index (χ2n) is 4.22. The van der Waals surface area contributed by atoms with Crippen molar-refractivity contribution in [2.75, 3.05) is 13.2 Å². The van der Waals surface area contributed by atoms with Gasteiger partial charge in [-0.2, -0.15) is 0 Å². The van der Waals surface area contributed by atoms with Gasteiger partial charge in [0.15, 0.2) is 0 Å². The summed E-state index contributed by atoms with van der Waals surface area (Å²) in [4.78, 5) is 13.9. The molecule has 92 valence electrons. The summed E-state index contributed by atoms with van der Waals surface area (Å²) in [5, 5.41) is 0.665. The van der Waals surface area contributed by atoms with Crippen LogP contribution in [0, 0.1) is 0 Å². The van der Waals surface area contributed by atoms with Gasteiger partial charge in [0.1, 0.15) is 6.23 Å². The van der Waals surface area contributed by atoms with Gasteiger partial charge in [-0.15, -0.1) is 0 Å². The second kappa shape index (κ2) is 5.52. The van der Waals surface area contributed by atoms with Crippen molar-refractivity contribution in [2.45, 2.75) is 26.0 Å². The fourth-order valence-electron chi connectivity index (χ4n) is 2.01. The van der Waals surface area contributed by atoms with Gasteiger partial charge in [-0.3, -0.25) is 4.79 Å². The smallest absolute Gasteiger partial charge is 0.229 e. The van der Waals surface area contributed by atoms with Gasteiger partial charge in [-0.25, -0.2) is 0 Å². The summed E-state index contributed by atoms with van der Waals surface area (Å²) in [6, 6.07) is 7.41. The number of amides is 1. The number of carbonyl (C=O) groups is 1. The Morgan fingerprint density at radius 1 is 1.59 bits per heavy atom. The van der Waals surface area contributed by atoms with E-state index in [1.807, 2.05) is 31.2 Å². The van der Waals surface area contributed by atoms with E-state index >= 15 is 0 Å². The Labute approximate surface area is 106 Å². The Kier molecular flexibility index (Phi) is 4.02. The van der Waals surface area contributed by atoms with Gasteiger partial charge in [0.05, 0.1) is 13.0 Å². The highest BCUT2D eigenvalue weighted by Crippen LogP contribution is 2.15. The summed E-state index contributed by atoms with van der Waals surface area (Å²) in [7, 11) is 0. The highest BCUT2D eigenvalue weighted by molar-refractivity contribution is 6.30. The van der Waals surface area contributed by atoms with E-state index in [2.05, 4.69) is 0 Å². The van der Waals surface area contributed by atoms with Crippen molar-refractivity contribution in [2.24, 2.45) is 0 Å². The Morgan fingerprint density at radius 3 is 3.12 bits per heavy atom. The third kappa shape index (κ3) is 3.20. The summed E-state index contributed by atoms with van der Waals surface area (Å²) >= 11 is 5.89. The van der Waals surface area contributed by atoms with Crippen LogP contribution in [0.1, 0.15) is 18.9 Å². The van der Waals surface area contributed by atoms with Crippen LogP contribution in [0.15, 0.2) is 24.3 Å². The molecule has 1 aliphatic heterocycles. The minimum atomic E-state index is -0.115. The molecule has 1 heterocycles. The molecule has 4 heteroatoms. The van der Waals surface area contributed by atoms with Crippen LogP contribution in [-0.2, 0) is 16.0 Å². The molecule has 1 aromatic carbocycles. The second-order valence-corrected chi connectivity index (χ2v) is 4.65. The highest BCUT2D eigenvalue weighted by Gasteiger charge is 2.23. The standard InChI is InChI=1S/C13H16ClNO2/c1-10-15(6-3-7-17-10)13(16)9-11-4-2-5-12(14)8-11/h2,4-5,8,10H,3,6-7,9H2,1H3. The monoisotopic (exact) mass is 253 g/mol. The molecule has 1 unspecified atom stereocenters. The maximum Gasteiger partial charge on any atom is 0.229 e. The highest BCUT2D eigenvalue weighted by atomic mass is 35.5. The fourth-order valence-corrected chi connectivity index (χ4v) is 2.22. The van der Waals surface area contributed by atoms with Gasteiger partial charge in [-0.1, -0.05) is 23.7 Å². The average Bonchev–Trinajstić information content (AvgIpc) is 2.29. The van der Waals surface area contributed by atoms with Crippen LogP contribution in [0.25, 0.3) is 0 Å². The lowest BCUT2D eigenvalue weighted by atomic mass is 10.1. The Bertz CT molecular complexity index is 408. The normalized spacial score (nSPS) is 20.4. The molecule has 0 aliphatic carbocycles. The maximum atomic E-state index is 12.1. The van der Waals surface area contributed by atoms with E-state index in [1.54, 1.807) is 4.90 Å². The predicted octanol–water partition coefficient (Wildman–Crippen LogP) is 2.48. The fraction of sp³-hybridized carbons (Fsp3) is 0.462. The number of hydrogen-bond donors (Lipinski definition) is 0. The topological polar surface area (TPSA) is 29.5 Å². The Morgan fingerprint density at radius 2 is 2.41 bits per heavy atom. The van der Waals surface area contributed by atoms with Crippen molar-refractivity contribution >= 4 is 17.5 Å². The molecule has 0 N–H and O–H groups in total. The molecule has 0 saturated carbocycles. The molecule has 1 saturated heterocycles. The minimum absolute atomic E-state index is 0.0967. The lowest BCUT2D eigenvalue weighted by Gasteiger charge is -2.33. The molecule has 1 amide bonds. The summed E-state index contributed by atoms with van der Waals surface area (Å²) in [5.74, 6) is 0.0967. The van der Waals surface area contributed by atoms with Crippen LogP contribution in [0.2, 0.25) is 5.02 Å². The van der Waals surface area contributed by atoms with Gasteiger partial charge in [0, 0.05) is 11.6 Å². The molecule has 0 aromatic heterocycles. The zero-order chi connectivity index (χ0) is 12.3. The van der Waals surface area contributed by atoms with E-state index in [4.69, 9.17) is 16.3 Å². The zero-order valence-corrected chi connectivity index (χ0v) is 10.6. The van der Waals surface area contributed by atoms with Crippen molar-refractivity contribution in [1.29, 1.82) is 0 Å². The van der Waals surface area contributed by atoms with Crippen LogP contribution in [-0.4, -0.2) is 30.2 Å². The van der Waals surface area contributed by atoms with Crippen LogP contribution in [0.4, 0.5) is 0 Å². The lowest BCUT2D eigenvalue weighted by molar-refractivity contribution is -0.151. The first-order valence-corrected chi connectivity index (χ1v) is 6.20. The molecule has 1 atom stereocenters. The number of benzene rings is 1. The summed E-state index contributed by atoms with van der Waals surface area (Å²) in [6.45, 7) is 3.43. The van der Waals surface area contributed by atoms with Crippen LogP contribution in [0.3, 0.4) is 0 Å². The maximum absolute atomic E-state index is 12.1. The average molecular weight is 254 g/mol. The lowest BCUT2D eigenvalue weighted by Crippen LogP contribution is -2.45. The largest absolute Gasteiger partial charge is 0.359 e. The number of hydrogen-bond acceptors (Lipinski definition) is 2. The first-order valence-electron chi connectivity index (χ1n) is 5.82. The number of ether oxygens (including phenoxy) is 1. The molecule has 1 fully saturated rings. The molecule has 0 radical (unpaired) electrons. The molecule has 1 aliphatic rings. The van der Waals surface area contributed by atoms with Crippen molar-refractivity contribution in [1.82, 2.24) is 4.90 Å². The van der Waals surface area contributed by atoms with Gasteiger partial charge < -0.3 is 9.64 Å². The van der Waals surface area contributed by atoms with E-state index in [1.165, 1.54) is 0 Å². The van der Waals surface area contributed by atoms with Gasteiger partial charge >= 0.3 is 0 Å². The molecular formula is C13H16ClNO2. The Balaban J connectivity index is 2.01. The van der Waals surface area contributed by atoms with Gasteiger partial charge in [0.25, 0.3) is 0 Å². The van der Waals surface area contributed by atoms with Gasteiger partial charge in [-0.05, 0) is 31.0 Å². The predicted molar refractivity (Wildman–Crippen MR) is 66.9 cm³/mol.